The number of aliphatic hydroxyl groups is 1. The Bertz CT molecular complexity index is 248. The van der Waals surface area contributed by atoms with E-state index in [1.54, 1.807) is 11.4 Å². The van der Waals surface area contributed by atoms with Crippen LogP contribution in [0.3, 0.4) is 0 Å². The molecule has 0 saturated carbocycles. The molecule has 5 heteroatoms. The average molecular weight is 172 g/mol. The fourth-order valence-corrected chi connectivity index (χ4v) is 1.49. The zero-order chi connectivity index (χ0) is 8.27. The number of hydrogen-bond donors (Lipinski definition) is 2. The molecule has 2 N–H and O–H groups in total. The van der Waals surface area contributed by atoms with Gasteiger partial charge >= 0.3 is 0 Å². The lowest BCUT2D eigenvalue weighted by Crippen LogP contribution is -1.95. The number of hydrogen-bond acceptors (Lipinski definition) is 5. The van der Waals surface area contributed by atoms with Gasteiger partial charge < -0.3 is 9.84 Å². The van der Waals surface area contributed by atoms with Crippen LogP contribution in [-0.2, 0) is 4.74 Å². The molecule has 60 valence electrons. The number of thiophene rings is 1. The third-order valence-corrected chi connectivity index (χ3v) is 2.18. The fourth-order valence-electron chi connectivity index (χ4n) is 0.698. The maximum absolute atomic E-state index is 9.17. The molecular weight excluding hydrogens is 164 g/mol. The zero-order valence-electron chi connectivity index (χ0n) is 5.94. The van der Waals surface area contributed by atoms with Crippen molar-refractivity contribution in [1.82, 2.24) is 0 Å². The van der Waals surface area contributed by atoms with E-state index in [1.165, 1.54) is 18.4 Å². The Morgan fingerprint density at radius 2 is 2.55 bits per heavy atom. The van der Waals surface area contributed by atoms with Gasteiger partial charge in [-0.2, -0.15) is 5.11 Å². The van der Waals surface area contributed by atoms with Gasteiger partial charge in [0.05, 0.1) is 4.88 Å². The molecule has 0 bridgehead atoms. The molecule has 1 rings (SSSR count). The van der Waals surface area contributed by atoms with Crippen molar-refractivity contribution in [2.24, 2.45) is 5.11 Å². The molecule has 1 heterocycles. The van der Waals surface area contributed by atoms with Crippen molar-refractivity contribution in [3.05, 3.63) is 16.3 Å². The van der Waals surface area contributed by atoms with E-state index < -0.39 is 6.29 Å². The first-order chi connectivity index (χ1) is 5.29. The van der Waals surface area contributed by atoms with E-state index in [1.807, 2.05) is 0 Å². The number of nitrogens with zero attached hydrogens (tertiary/aromatic N) is 1. The highest BCUT2D eigenvalue weighted by Gasteiger charge is 2.12. The van der Waals surface area contributed by atoms with Crippen LogP contribution in [0.25, 0.3) is 0 Å². The second kappa shape index (κ2) is 3.56. The minimum atomic E-state index is -0.959. The monoisotopic (exact) mass is 172 g/mol. The summed E-state index contributed by atoms with van der Waals surface area (Å²) >= 11 is 1.32. The quantitative estimate of drug-likeness (QED) is 0.541. The van der Waals surface area contributed by atoms with E-state index in [9.17, 15) is 5.11 Å². The minimum absolute atomic E-state index is 0.462. The maximum atomic E-state index is 9.17. The Morgan fingerprint density at radius 1 is 1.82 bits per heavy atom. The summed E-state index contributed by atoms with van der Waals surface area (Å²) in [6, 6.07) is 1.66. The second-order valence-corrected chi connectivity index (χ2v) is 2.82. The van der Waals surface area contributed by atoms with E-state index in [0.717, 1.165) is 0 Å². The van der Waals surface area contributed by atoms with Crippen LogP contribution in [-0.4, -0.2) is 12.2 Å². The third-order valence-electron chi connectivity index (χ3n) is 1.24. The van der Waals surface area contributed by atoms with Crippen molar-refractivity contribution in [2.45, 2.75) is 6.29 Å². The average Bonchev–Trinajstić information content (AvgIpc) is 2.50. The first-order valence-corrected chi connectivity index (χ1v) is 3.83. The van der Waals surface area contributed by atoms with E-state index >= 15 is 0 Å². The summed E-state index contributed by atoms with van der Waals surface area (Å²) in [5, 5.41) is 14.1. The van der Waals surface area contributed by atoms with Crippen molar-refractivity contribution in [3.63, 3.8) is 0 Å². The first-order valence-electron chi connectivity index (χ1n) is 2.95. The van der Waals surface area contributed by atoms with Crippen LogP contribution >= 0.6 is 11.3 Å². The topological polar surface area (TPSA) is 65.7 Å². The molecule has 1 aromatic heterocycles. The van der Waals surface area contributed by atoms with Crippen LogP contribution in [0.15, 0.2) is 16.6 Å². The van der Waals surface area contributed by atoms with Gasteiger partial charge in [-0.05, 0) is 11.4 Å². The Morgan fingerprint density at radius 3 is 3.09 bits per heavy atom. The molecule has 11 heavy (non-hydrogen) atoms. The van der Waals surface area contributed by atoms with Crippen LogP contribution in [0.1, 0.15) is 11.2 Å². The van der Waals surface area contributed by atoms with Crippen molar-refractivity contribution in [2.75, 3.05) is 7.11 Å². The molecule has 0 saturated heterocycles. The summed E-state index contributed by atoms with van der Waals surface area (Å²) in [5.41, 5.74) is 7.20. The first kappa shape index (κ1) is 8.32. The summed E-state index contributed by atoms with van der Waals surface area (Å²) in [4.78, 5) is 0.572. The Kier molecular flexibility index (Phi) is 2.70. The molecule has 0 radical (unpaired) electrons. The number of nitrogens with one attached hydrogen (secondary N) is 1. The molecule has 1 aromatic rings. The van der Waals surface area contributed by atoms with Gasteiger partial charge in [0.2, 0.25) is 0 Å². The van der Waals surface area contributed by atoms with Crippen molar-refractivity contribution >= 4 is 17.0 Å². The zero-order valence-corrected chi connectivity index (χ0v) is 6.76. The van der Waals surface area contributed by atoms with Crippen molar-refractivity contribution in [1.29, 1.82) is 5.53 Å². The van der Waals surface area contributed by atoms with E-state index in [4.69, 9.17) is 5.53 Å². The van der Waals surface area contributed by atoms with Gasteiger partial charge in [0.25, 0.3) is 0 Å². The Balaban J connectivity index is 2.92. The molecule has 0 spiro atoms. The summed E-state index contributed by atoms with van der Waals surface area (Å²) in [6.07, 6.45) is -0.959. The Labute approximate surface area is 67.9 Å². The van der Waals surface area contributed by atoms with Gasteiger partial charge in [-0.1, -0.05) is 0 Å². The largest absolute Gasteiger partial charge is 0.364 e. The predicted molar refractivity (Wildman–Crippen MR) is 41.1 cm³/mol. The number of rotatable bonds is 3. The Hall–Kier alpha value is -0.780. The molecule has 1 unspecified atom stereocenters. The van der Waals surface area contributed by atoms with Gasteiger partial charge in [-0.3, -0.25) is 0 Å². The summed E-state index contributed by atoms with van der Waals surface area (Å²) < 4.78 is 4.66. The highest BCUT2D eigenvalue weighted by Crippen LogP contribution is 2.30. The van der Waals surface area contributed by atoms with Crippen molar-refractivity contribution < 1.29 is 9.84 Å². The molecule has 1 atom stereocenters. The van der Waals surface area contributed by atoms with Crippen LogP contribution < -0.4 is 0 Å². The second-order valence-electron chi connectivity index (χ2n) is 1.87. The summed E-state index contributed by atoms with van der Waals surface area (Å²) in [6.45, 7) is 0. The predicted octanol–water partition coefficient (Wildman–Crippen LogP) is 2.05. The van der Waals surface area contributed by atoms with Crippen LogP contribution in [0.5, 0.6) is 0 Å². The van der Waals surface area contributed by atoms with Crippen LogP contribution in [0.4, 0.5) is 5.69 Å². The molecule has 0 aromatic carbocycles. The van der Waals surface area contributed by atoms with E-state index in [0.29, 0.717) is 10.6 Å². The number of methoxy groups -OCH3 is 1. The highest BCUT2D eigenvalue weighted by molar-refractivity contribution is 7.10. The molecular formula is C6H8N2O2S. The molecule has 0 fully saturated rings. The smallest absolute Gasteiger partial charge is 0.192 e. The van der Waals surface area contributed by atoms with E-state index in [2.05, 4.69) is 9.85 Å². The maximum Gasteiger partial charge on any atom is 0.192 e. The van der Waals surface area contributed by atoms with E-state index in [-0.39, 0.29) is 0 Å². The molecule has 0 aliphatic rings. The normalized spacial score (nSPS) is 12.9. The summed E-state index contributed by atoms with van der Waals surface area (Å²) in [5.74, 6) is 0. The minimum Gasteiger partial charge on any atom is -0.364 e. The van der Waals surface area contributed by atoms with Crippen LogP contribution in [0, 0.1) is 5.53 Å². The van der Waals surface area contributed by atoms with Gasteiger partial charge in [0.15, 0.2) is 6.29 Å². The lowest BCUT2D eigenvalue weighted by Gasteiger charge is -2.05. The molecule has 4 nitrogen and oxygen atoms in total. The van der Waals surface area contributed by atoms with Gasteiger partial charge in [0, 0.05) is 7.11 Å². The molecule has 0 aliphatic heterocycles. The van der Waals surface area contributed by atoms with Crippen LogP contribution in [0.2, 0.25) is 0 Å². The third kappa shape index (κ3) is 1.62. The van der Waals surface area contributed by atoms with Gasteiger partial charge in [0.1, 0.15) is 5.69 Å². The fraction of sp³-hybridized carbons (Fsp3) is 0.333. The number of ether oxygens (including phenoxy) is 1. The molecule has 0 amide bonds. The molecule has 0 aliphatic carbocycles. The van der Waals surface area contributed by atoms with Gasteiger partial charge in [-0.25, -0.2) is 5.53 Å². The van der Waals surface area contributed by atoms with Gasteiger partial charge in [-0.15, -0.1) is 11.3 Å². The van der Waals surface area contributed by atoms with Crippen molar-refractivity contribution in [3.8, 4) is 0 Å². The highest BCUT2D eigenvalue weighted by atomic mass is 32.1. The standard InChI is InChI=1S/C6H8N2O2S/c1-10-6(9)5-4(8-7)2-3-11-5/h2-3,6-7,9H,1H3. The SMILES string of the molecule is COC(O)c1sccc1N=N. The number of aliphatic hydroxyl groups excluding tert-OH is 1. The lowest BCUT2D eigenvalue weighted by atomic mass is 10.4. The lowest BCUT2D eigenvalue weighted by molar-refractivity contribution is -0.0739. The summed E-state index contributed by atoms with van der Waals surface area (Å²) in [7, 11) is 1.40.